The predicted octanol–water partition coefficient (Wildman–Crippen LogP) is -1.39. The third-order valence-electron chi connectivity index (χ3n) is 7.20. The summed E-state index contributed by atoms with van der Waals surface area (Å²) in [6.45, 7) is 0.588. The summed E-state index contributed by atoms with van der Waals surface area (Å²) < 4.78 is 28.1. The van der Waals surface area contributed by atoms with Crippen molar-refractivity contribution in [2.24, 2.45) is 0 Å². The van der Waals surface area contributed by atoms with E-state index in [1.807, 2.05) is 0 Å². The second-order valence-electron chi connectivity index (χ2n) is 10.1. The molecule has 15 heteroatoms. The Labute approximate surface area is 236 Å². The number of benzene rings is 2. The third kappa shape index (κ3) is 5.37. The molecular formula is C27H30O15. The van der Waals surface area contributed by atoms with Gasteiger partial charge in [0.15, 0.2) is 12.1 Å². The lowest BCUT2D eigenvalue weighted by molar-refractivity contribution is -0.349. The van der Waals surface area contributed by atoms with Crippen LogP contribution in [0.1, 0.15) is 6.92 Å². The first-order valence-electron chi connectivity index (χ1n) is 12.9. The van der Waals surface area contributed by atoms with Gasteiger partial charge in [0, 0.05) is 17.7 Å². The first-order valence-corrected chi connectivity index (χ1v) is 12.9. The van der Waals surface area contributed by atoms with E-state index in [1.165, 1.54) is 31.2 Å². The van der Waals surface area contributed by atoms with Crippen LogP contribution in [0.2, 0.25) is 0 Å². The molecule has 5 rings (SSSR count). The molecule has 0 aliphatic carbocycles. The van der Waals surface area contributed by atoms with Crippen LogP contribution in [0.25, 0.3) is 22.3 Å². The Hall–Kier alpha value is -3.51. The number of aromatic hydroxyl groups is 3. The summed E-state index contributed by atoms with van der Waals surface area (Å²) in [7, 11) is 0. The van der Waals surface area contributed by atoms with E-state index in [4.69, 9.17) is 23.4 Å². The smallest absolute Gasteiger partial charge is 0.239 e. The lowest BCUT2D eigenvalue weighted by Crippen LogP contribution is -2.64. The molecule has 2 fully saturated rings. The van der Waals surface area contributed by atoms with Crippen LogP contribution in [-0.4, -0.2) is 114 Å². The van der Waals surface area contributed by atoms with Gasteiger partial charge in [0.05, 0.1) is 12.7 Å². The zero-order valence-corrected chi connectivity index (χ0v) is 21.9. The molecule has 15 nitrogen and oxygen atoms in total. The number of ether oxygens (including phenoxy) is 4. The number of aliphatic hydroxyl groups excluding tert-OH is 6. The number of aliphatic hydroxyl groups is 6. The van der Waals surface area contributed by atoms with E-state index in [0.29, 0.717) is 0 Å². The van der Waals surface area contributed by atoms with Crippen molar-refractivity contribution < 1.29 is 69.3 Å². The maximum atomic E-state index is 13.6. The van der Waals surface area contributed by atoms with E-state index in [1.54, 1.807) is 0 Å². The fourth-order valence-electron chi connectivity index (χ4n) is 4.89. The minimum Gasteiger partial charge on any atom is -0.508 e. The highest BCUT2D eigenvalue weighted by molar-refractivity contribution is 5.88. The molecule has 0 unspecified atom stereocenters. The molecule has 3 aromatic rings. The van der Waals surface area contributed by atoms with Crippen molar-refractivity contribution in [3.8, 4) is 34.3 Å². The molecule has 228 valence electrons. The molecule has 2 aliphatic rings. The van der Waals surface area contributed by atoms with Gasteiger partial charge in [-0.25, -0.2) is 0 Å². The van der Waals surface area contributed by atoms with E-state index < -0.39 is 90.7 Å². The van der Waals surface area contributed by atoms with Crippen LogP contribution >= 0.6 is 0 Å². The van der Waals surface area contributed by atoms with Crippen molar-refractivity contribution in [3.63, 3.8) is 0 Å². The maximum Gasteiger partial charge on any atom is 0.239 e. The van der Waals surface area contributed by atoms with Gasteiger partial charge >= 0.3 is 0 Å². The molecule has 0 bridgehead atoms. The van der Waals surface area contributed by atoms with Crippen molar-refractivity contribution >= 4 is 11.0 Å². The summed E-state index contributed by atoms with van der Waals surface area (Å²) in [4.78, 5) is 13.6. The minimum absolute atomic E-state index is 0.107. The Morgan fingerprint density at radius 1 is 0.810 bits per heavy atom. The lowest BCUT2D eigenvalue weighted by atomic mass is 9.97. The largest absolute Gasteiger partial charge is 0.508 e. The van der Waals surface area contributed by atoms with Crippen LogP contribution in [0.3, 0.4) is 0 Å². The summed E-state index contributed by atoms with van der Waals surface area (Å²) in [6.07, 6.45) is -16.2. The van der Waals surface area contributed by atoms with E-state index in [9.17, 15) is 50.8 Å². The van der Waals surface area contributed by atoms with Crippen molar-refractivity contribution in [2.45, 2.75) is 68.3 Å². The van der Waals surface area contributed by atoms with Gasteiger partial charge in [-0.3, -0.25) is 4.79 Å². The van der Waals surface area contributed by atoms with Crippen molar-refractivity contribution in [2.75, 3.05) is 6.61 Å². The summed E-state index contributed by atoms with van der Waals surface area (Å²) in [5.74, 6) is -2.00. The fraction of sp³-hybridized carbons (Fsp3) is 0.444. The molecule has 2 aromatic carbocycles. The lowest BCUT2D eigenvalue weighted by Gasteiger charge is -2.45. The fourth-order valence-corrected chi connectivity index (χ4v) is 4.89. The van der Waals surface area contributed by atoms with E-state index >= 15 is 0 Å². The van der Waals surface area contributed by atoms with Crippen molar-refractivity contribution in [3.05, 3.63) is 46.6 Å². The van der Waals surface area contributed by atoms with Gasteiger partial charge in [-0.05, 0) is 31.2 Å². The SMILES string of the molecule is C[C@@H]1O[C@@H](O[C@@H]2[C@@H](O)[C@H](Oc3c(-c4ccc(O)cc4)oc4cc(O)cc(O)c4c3=O)O[C@H](CO)[C@H]2O)[C@H](O)[C@H](O)[C@H]1O. The second kappa shape index (κ2) is 11.6. The Morgan fingerprint density at radius 2 is 1.50 bits per heavy atom. The standard InChI is InChI=1S/C27H30O15/c1-9-17(32)20(35)21(36)26(38-9)41-24-18(33)15(8-28)40-27(22(24)37)42-25-19(34)16-13(31)6-12(30)7-14(16)39-23(25)10-2-4-11(29)5-3-10/h2-7,9,15,17-18,20-22,24,26-33,35-37H,8H2,1H3/t9-,15+,17-,18+,20+,21+,22+,24-,26-,27-/m0/s1. The van der Waals surface area contributed by atoms with Gasteiger partial charge in [0.25, 0.3) is 0 Å². The monoisotopic (exact) mass is 594 g/mol. The molecule has 42 heavy (non-hydrogen) atoms. The number of hydrogen-bond donors (Lipinski definition) is 9. The molecule has 1 aromatic heterocycles. The molecule has 0 spiro atoms. The normalized spacial score (nSPS) is 33.5. The van der Waals surface area contributed by atoms with Gasteiger partial charge in [-0.1, -0.05) is 0 Å². The van der Waals surface area contributed by atoms with Crippen LogP contribution in [0.5, 0.6) is 23.0 Å². The zero-order valence-electron chi connectivity index (χ0n) is 21.9. The predicted molar refractivity (Wildman–Crippen MR) is 139 cm³/mol. The molecular weight excluding hydrogens is 564 g/mol. The van der Waals surface area contributed by atoms with E-state index in [-0.39, 0.29) is 28.0 Å². The van der Waals surface area contributed by atoms with Gasteiger partial charge in [-0.15, -0.1) is 0 Å². The number of hydrogen-bond acceptors (Lipinski definition) is 15. The maximum absolute atomic E-state index is 13.6. The molecule has 3 heterocycles. The van der Waals surface area contributed by atoms with Gasteiger partial charge in [-0.2, -0.15) is 0 Å². The van der Waals surface area contributed by atoms with Gasteiger partial charge < -0.3 is 69.3 Å². The molecule has 0 radical (unpaired) electrons. The molecule has 10 atom stereocenters. The summed E-state index contributed by atoms with van der Waals surface area (Å²) in [5.41, 5.74) is -0.975. The third-order valence-corrected chi connectivity index (χ3v) is 7.20. The Morgan fingerprint density at radius 3 is 2.17 bits per heavy atom. The summed E-state index contributed by atoms with van der Waals surface area (Å²) >= 11 is 0. The quantitative estimate of drug-likeness (QED) is 0.159. The second-order valence-corrected chi connectivity index (χ2v) is 10.1. The highest BCUT2D eigenvalue weighted by Crippen LogP contribution is 2.38. The van der Waals surface area contributed by atoms with Gasteiger partial charge in [0.1, 0.15) is 70.9 Å². The molecule has 0 amide bonds. The Kier molecular flexibility index (Phi) is 8.30. The summed E-state index contributed by atoms with van der Waals surface area (Å²) in [5, 5.41) is 91.9. The minimum atomic E-state index is -1.92. The average molecular weight is 595 g/mol. The highest BCUT2D eigenvalue weighted by Gasteiger charge is 2.51. The molecule has 0 saturated carbocycles. The highest BCUT2D eigenvalue weighted by atomic mass is 16.7. The molecule has 9 N–H and O–H groups in total. The number of rotatable bonds is 6. The van der Waals surface area contributed by atoms with Crippen LogP contribution in [0.4, 0.5) is 0 Å². The Bertz CT molecular complexity index is 1470. The zero-order chi connectivity index (χ0) is 30.5. The van der Waals surface area contributed by atoms with Crippen LogP contribution in [0.15, 0.2) is 45.6 Å². The average Bonchev–Trinajstić information content (AvgIpc) is 2.95. The molecule has 2 aliphatic heterocycles. The van der Waals surface area contributed by atoms with Crippen molar-refractivity contribution in [1.82, 2.24) is 0 Å². The number of phenols is 3. The Balaban J connectivity index is 1.54. The van der Waals surface area contributed by atoms with Crippen LogP contribution in [-0.2, 0) is 14.2 Å². The number of phenolic OH excluding ortho intramolecular Hbond substituents is 3. The first-order chi connectivity index (χ1) is 19.9. The van der Waals surface area contributed by atoms with Crippen LogP contribution in [0, 0.1) is 0 Å². The van der Waals surface area contributed by atoms with E-state index in [2.05, 4.69) is 0 Å². The summed E-state index contributed by atoms with van der Waals surface area (Å²) in [6, 6.07) is 7.32. The topological polar surface area (TPSA) is 249 Å². The first kappa shape index (κ1) is 30.0. The van der Waals surface area contributed by atoms with E-state index in [0.717, 1.165) is 12.1 Å². The van der Waals surface area contributed by atoms with Crippen LogP contribution < -0.4 is 10.2 Å². The molecule has 2 saturated heterocycles. The number of fused-ring (bicyclic) bond motifs is 1. The van der Waals surface area contributed by atoms with Crippen molar-refractivity contribution in [1.29, 1.82) is 0 Å². The van der Waals surface area contributed by atoms with Gasteiger partial charge in [0.2, 0.25) is 17.5 Å².